The molecule has 14 nitrogen and oxygen atoms in total. The summed E-state index contributed by atoms with van der Waals surface area (Å²) in [5.74, 6) is 0. The Morgan fingerprint density at radius 1 is 0.717 bits per heavy atom. The van der Waals surface area contributed by atoms with E-state index in [1.54, 1.807) is 13.8 Å². The van der Waals surface area contributed by atoms with Crippen LogP contribution in [0.4, 0.5) is 0 Å². The van der Waals surface area contributed by atoms with Crippen LogP contribution < -0.4 is 20.1 Å². The highest BCUT2D eigenvalue weighted by Crippen LogP contribution is 2.44. The van der Waals surface area contributed by atoms with Crippen molar-refractivity contribution < 1.29 is 43.1 Å². The Morgan fingerprint density at radius 2 is 1.17 bits per heavy atom. The summed E-state index contributed by atoms with van der Waals surface area (Å²) in [4.78, 5) is 0. The van der Waals surface area contributed by atoms with E-state index in [0.29, 0.717) is 62.9 Å². The molecule has 4 rings (SSSR count). The van der Waals surface area contributed by atoms with Gasteiger partial charge >= 0.3 is 0 Å². The van der Waals surface area contributed by atoms with Crippen LogP contribution in [0, 0.1) is 0 Å². The van der Waals surface area contributed by atoms with Gasteiger partial charge in [-0.2, -0.15) is 0 Å². The Hall–Kier alpha value is -1.04. The molecule has 0 spiro atoms. The lowest BCUT2D eigenvalue weighted by Gasteiger charge is -2.31. The Bertz CT molecular complexity index is 2030. The van der Waals surface area contributed by atoms with Crippen molar-refractivity contribution in [3.63, 3.8) is 0 Å². The number of hydrogen-bond acceptors (Lipinski definition) is 14. The largest absolute Gasteiger partial charge is 0.375 e. The molecule has 0 aliphatic carbocycles. The molecule has 4 heterocycles. The van der Waals surface area contributed by atoms with Crippen LogP contribution in [0.15, 0.2) is 29.0 Å². The fourth-order valence-corrected chi connectivity index (χ4v) is 16.5. The summed E-state index contributed by atoms with van der Waals surface area (Å²) < 4.78 is 122. The molecule has 2 aliphatic heterocycles. The first-order valence-electron chi connectivity index (χ1n) is 18.0. The van der Waals surface area contributed by atoms with Gasteiger partial charge in [0.25, 0.3) is 0 Å². The molecule has 5 unspecified atom stereocenters. The Balaban J connectivity index is 1.26. The average Bonchev–Trinajstić information content (AvgIpc) is 3.74. The standard InChI is InChI=1S/C33H56N4O10S6/c1-9-33(8,47-17-15-37-53(44,45)29-21-25-27(35-11-3)19-23(5)51(40,41)31(25)49-29)13-16-46-32(6,7)12-14-36-52(42,43)28-20-24-26(34-10-2)18-22(4)50(38,39)30(24)48-28/h20-23,26-27,34-37H,9-19H2,1-8H3. The summed E-state index contributed by atoms with van der Waals surface area (Å²) in [5, 5.41) is 5.31. The van der Waals surface area contributed by atoms with E-state index in [2.05, 4.69) is 20.1 Å². The Kier molecular flexibility index (Phi) is 14.5. The van der Waals surface area contributed by atoms with E-state index >= 15 is 0 Å². The normalized spacial score (nSPS) is 24.0. The molecule has 0 amide bonds. The van der Waals surface area contributed by atoms with E-state index in [0.717, 1.165) is 22.7 Å². The van der Waals surface area contributed by atoms with Gasteiger partial charge in [-0.25, -0.2) is 43.1 Å². The highest BCUT2D eigenvalue weighted by atomic mass is 32.3. The zero-order valence-corrected chi connectivity index (χ0v) is 36.7. The lowest BCUT2D eigenvalue weighted by atomic mass is 9.99. The highest BCUT2D eigenvalue weighted by Gasteiger charge is 2.41. The summed E-state index contributed by atoms with van der Waals surface area (Å²) in [5.41, 5.74) is -0.330. The summed E-state index contributed by atoms with van der Waals surface area (Å²) in [7, 11) is -15.2. The molecule has 0 fully saturated rings. The molecule has 2 aliphatic rings. The summed E-state index contributed by atoms with van der Waals surface area (Å²) in [6, 6.07) is 2.46. The van der Waals surface area contributed by atoms with Gasteiger partial charge in [-0.1, -0.05) is 20.8 Å². The number of sulfonamides is 2. The number of sulfone groups is 2. The topological polar surface area (TPSA) is 203 Å². The van der Waals surface area contributed by atoms with Crippen LogP contribution in [0.25, 0.3) is 0 Å². The molecule has 4 N–H and O–H groups in total. The van der Waals surface area contributed by atoms with Crippen molar-refractivity contribution in [2.24, 2.45) is 0 Å². The predicted molar refractivity (Wildman–Crippen MR) is 208 cm³/mol. The second-order valence-electron chi connectivity index (χ2n) is 14.6. The molecular weight excluding hydrogens is 805 g/mol. The van der Waals surface area contributed by atoms with Crippen molar-refractivity contribution in [3.8, 4) is 0 Å². The molecular formula is C33H56N4O10S6. The number of fused-ring (bicyclic) bond motifs is 2. The molecule has 2 aromatic heterocycles. The maximum absolute atomic E-state index is 13.2. The number of thiophene rings is 2. The first-order chi connectivity index (χ1) is 24.5. The van der Waals surface area contributed by atoms with Gasteiger partial charge in [-0.3, -0.25) is 0 Å². The van der Waals surface area contributed by atoms with Crippen molar-refractivity contribution in [3.05, 3.63) is 23.3 Å². The second kappa shape index (κ2) is 17.2. The third-order valence-corrected chi connectivity index (χ3v) is 21.7. The maximum Gasteiger partial charge on any atom is 0.250 e. The molecule has 304 valence electrons. The fraction of sp³-hybridized carbons (Fsp3) is 0.758. The monoisotopic (exact) mass is 860 g/mol. The molecule has 0 saturated heterocycles. The van der Waals surface area contributed by atoms with Gasteiger partial charge in [-0.15, -0.1) is 22.7 Å². The SMILES string of the molecule is CCNC1CC(C)S(=O)(=O)c2sc(S(=O)(=O)NCCOC(C)(CC)CCOC(C)(C)CCNS(=O)(=O)c3cc4c(s3)S(=O)(=O)C(C)CC4NCC)cc21. The second-order valence-corrected chi connectivity index (χ2v) is 25.8. The average molecular weight is 861 g/mol. The van der Waals surface area contributed by atoms with E-state index < -0.39 is 61.4 Å². The minimum atomic E-state index is -3.98. The van der Waals surface area contributed by atoms with Crippen LogP contribution in [0.2, 0.25) is 0 Å². The maximum atomic E-state index is 13.2. The minimum Gasteiger partial charge on any atom is -0.375 e. The molecule has 0 radical (unpaired) electrons. The molecule has 20 heteroatoms. The molecule has 53 heavy (non-hydrogen) atoms. The molecule has 0 saturated carbocycles. The zero-order chi connectivity index (χ0) is 39.6. The summed E-state index contributed by atoms with van der Waals surface area (Å²) in [6.45, 7) is 16.4. The van der Waals surface area contributed by atoms with E-state index in [1.165, 1.54) is 12.1 Å². The van der Waals surface area contributed by atoms with Crippen LogP contribution in [-0.4, -0.2) is 94.8 Å². The van der Waals surface area contributed by atoms with Gasteiger partial charge in [0.15, 0.2) is 19.7 Å². The van der Waals surface area contributed by atoms with E-state index in [-0.39, 0.29) is 48.6 Å². The van der Waals surface area contributed by atoms with Gasteiger partial charge in [0.05, 0.1) is 34.9 Å². The smallest absolute Gasteiger partial charge is 0.250 e. The molecule has 5 atom stereocenters. The van der Waals surface area contributed by atoms with Crippen molar-refractivity contribution in [1.29, 1.82) is 0 Å². The van der Waals surface area contributed by atoms with Gasteiger partial charge in [0.1, 0.15) is 16.8 Å². The van der Waals surface area contributed by atoms with Gasteiger partial charge in [0, 0.05) is 36.3 Å². The number of ether oxygens (including phenoxy) is 2. The zero-order valence-electron chi connectivity index (χ0n) is 31.8. The quantitative estimate of drug-likeness (QED) is 0.138. The van der Waals surface area contributed by atoms with Crippen LogP contribution in [0.3, 0.4) is 0 Å². The van der Waals surface area contributed by atoms with Crippen molar-refractivity contribution in [2.75, 3.05) is 39.4 Å². The van der Waals surface area contributed by atoms with Crippen molar-refractivity contribution in [2.45, 2.75) is 138 Å². The molecule has 0 aromatic carbocycles. The van der Waals surface area contributed by atoms with Gasteiger partial charge in [0.2, 0.25) is 20.0 Å². The van der Waals surface area contributed by atoms with Crippen LogP contribution >= 0.6 is 22.7 Å². The first kappa shape index (κ1) is 44.7. The lowest BCUT2D eigenvalue weighted by molar-refractivity contribution is -0.0816. The van der Waals surface area contributed by atoms with Crippen LogP contribution in [0.1, 0.15) is 111 Å². The lowest BCUT2D eigenvalue weighted by Crippen LogP contribution is -2.37. The van der Waals surface area contributed by atoms with Crippen molar-refractivity contribution in [1.82, 2.24) is 20.1 Å². The van der Waals surface area contributed by atoms with E-state index in [9.17, 15) is 33.7 Å². The molecule has 0 bridgehead atoms. The van der Waals surface area contributed by atoms with Gasteiger partial charge < -0.3 is 20.1 Å². The Morgan fingerprint density at radius 3 is 1.60 bits per heavy atom. The van der Waals surface area contributed by atoms with Crippen LogP contribution in [0.5, 0.6) is 0 Å². The molecule has 2 aromatic rings. The summed E-state index contributed by atoms with van der Waals surface area (Å²) in [6.07, 6.45) is 2.21. The Labute approximate surface area is 324 Å². The van der Waals surface area contributed by atoms with E-state index in [4.69, 9.17) is 9.47 Å². The predicted octanol–water partition coefficient (Wildman–Crippen LogP) is 4.26. The van der Waals surface area contributed by atoms with E-state index in [1.807, 2.05) is 41.5 Å². The first-order valence-corrected chi connectivity index (χ1v) is 25.7. The van der Waals surface area contributed by atoms with Gasteiger partial charge in [-0.05, 0) is 91.9 Å². The number of rotatable bonds is 20. The fourth-order valence-electron chi connectivity index (χ4n) is 6.41. The number of nitrogens with one attached hydrogen (secondary N) is 4. The highest BCUT2D eigenvalue weighted by molar-refractivity contribution is 7.96. The van der Waals surface area contributed by atoms with Crippen molar-refractivity contribution >= 4 is 62.4 Å². The minimum absolute atomic E-state index is 0.0132. The summed E-state index contributed by atoms with van der Waals surface area (Å²) >= 11 is 1.57. The third kappa shape index (κ3) is 10.3. The third-order valence-electron chi connectivity index (χ3n) is 10.0. The number of hydrogen-bond donors (Lipinski definition) is 4. The van der Waals surface area contributed by atoms with Crippen LogP contribution in [-0.2, 0) is 49.2 Å².